The van der Waals surface area contributed by atoms with Gasteiger partial charge >= 0.3 is 0 Å². The molecule has 1 fully saturated rings. The Bertz CT molecular complexity index is 1050. The highest BCUT2D eigenvalue weighted by Gasteiger charge is 2.24. The van der Waals surface area contributed by atoms with Crippen molar-refractivity contribution in [2.75, 3.05) is 19.5 Å². The number of carbonyl (C=O) groups excluding carboxylic acids is 1. The van der Waals surface area contributed by atoms with Gasteiger partial charge in [-0.05, 0) is 50.6 Å². The molecule has 178 valence electrons. The van der Waals surface area contributed by atoms with Gasteiger partial charge in [0.05, 0.1) is 5.75 Å². The Balaban J connectivity index is 1.49. The second-order valence-corrected chi connectivity index (χ2v) is 10.8. The normalized spacial score (nSPS) is 14.8. The standard InChI is InChI=1S/C25H34N4O2S2/c1-18-15-22(19(2)28(18)12-8-13-31-3)23(30)17-33-25-27-26-24(16-21-11-7-14-32-21)29(25)20-9-5-4-6-10-20/h7,11,14-15,20H,4-6,8-10,12-13,16-17H2,1-3H3. The number of Topliss-reactive ketones (excluding diaryl/α,β-unsaturated/α-hetero) is 1. The Morgan fingerprint density at radius 3 is 2.79 bits per heavy atom. The van der Waals surface area contributed by atoms with Crippen LogP contribution in [0.15, 0.2) is 28.7 Å². The van der Waals surface area contributed by atoms with Gasteiger partial charge in [-0.15, -0.1) is 21.5 Å². The number of ether oxygens (including phenoxy) is 1. The molecule has 3 aromatic rings. The van der Waals surface area contributed by atoms with Gasteiger partial charge < -0.3 is 13.9 Å². The van der Waals surface area contributed by atoms with Crippen LogP contribution in [0.3, 0.4) is 0 Å². The van der Waals surface area contributed by atoms with E-state index in [-0.39, 0.29) is 5.78 Å². The minimum absolute atomic E-state index is 0.157. The largest absolute Gasteiger partial charge is 0.385 e. The summed E-state index contributed by atoms with van der Waals surface area (Å²) >= 11 is 3.29. The monoisotopic (exact) mass is 486 g/mol. The summed E-state index contributed by atoms with van der Waals surface area (Å²) in [5.74, 6) is 1.56. The first-order chi connectivity index (χ1) is 16.1. The molecule has 0 aromatic carbocycles. The lowest BCUT2D eigenvalue weighted by Crippen LogP contribution is -2.17. The highest BCUT2D eigenvalue weighted by molar-refractivity contribution is 7.99. The molecule has 6 nitrogen and oxygen atoms in total. The Morgan fingerprint density at radius 1 is 1.24 bits per heavy atom. The molecule has 3 heterocycles. The molecule has 3 aromatic heterocycles. The fourth-order valence-corrected chi connectivity index (χ4v) is 6.41. The molecule has 0 bridgehead atoms. The molecule has 1 aliphatic carbocycles. The van der Waals surface area contributed by atoms with Crippen molar-refractivity contribution in [2.24, 2.45) is 0 Å². The van der Waals surface area contributed by atoms with Gasteiger partial charge in [0.25, 0.3) is 0 Å². The lowest BCUT2D eigenvalue weighted by atomic mass is 9.95. The highest BCUT2D eigenvalue weighted by atomic mass is 32.2. The fourth-order valence-electron chi connectivity index (χ4n) is 4.80. The smallest absolute Gasteiger partial charge is 0.191 e. The first-order valence-electron chi connectivity index (χ1n) is 11.9. The van der Waals surface area contributed by atoms with Crippen LogP contribution in [-0.4, -0.2) is 44.6 Å². The zero-order chi connectivity index (χ0) is 23.2. The van der Waals surface area contributed by atoms with Gasteiger partial charge in [0.1, 0.15) is 5.82 Å². The number of ketones is 1. The predicted octanol–water partition coefficient (Wildman–Crippen LogP) is 5.87. The lowest BCUT2D eigenvalue weighted by Gasteiger charge is -2.25. The lowest BCUT2D eigenvalue weighted by molar-refractivity contribution is 0.102. The van der Waals surface area contributed by atoms with Crippen molar-refractivity contribution in [3.05, 3.63) is 51.2 Å². The molecule has 0 spiro atoms. The molecule has 1 aliphatic rings. The predicted molar refractivity (Wildman–Crippen MR) is 135 cm³/mol. The van der Waals surface area contributed by atoms with Crippen LogP contribution in [0, 0.1) is 13.8 Å². The Labute approximate surface area is 204 Å². The average molecular weight is 487 g/mol. The number of thioether (sulfide) groups is 1. The molecule has 0 saturated heterocycles. The first-order valence-corrected chi connectivity index (χ1v) is 13.7. The van der Waals surface area contributed by atoms with Crippen molar-refractivity contribution in [3.63, 3.8) is 0 Å². The molecular formula is C25H34N4O2S2. The number of carbonyl (C=O) groups is 1. The zero-order valence-electron chi connectivity index (χ0n) is 19.9. The number of hydrogen-bond acceptors (Lipinski definition) is 6. The van der Waals surface area contributed by atoms with Crippen LogP contribution >= 0.6 is 23.1 Å². The quantitative estimate of drug-likeness (QED) is 0.193. The van der Waals surface area contributed by atoms with E-state index < -0.39 is 0 Å². The van der Waals surface area contributed by atoms with E-state index in [0.29, 0.717) is 11.8 Å². The maximum absolute atomic E-state index is 13.2. The van der Waals surface area contributed by atoms with E-state index in [0.717, 1.165) is 53.9 Å². The van der Waals surface area contributed by atoms with Gasteiger partial charge in [0, 0.05) is 54.6 Å². The fraction of sp³-hybridized carbons (Fsp3) is 0.560. The van der Waals surface area contributed by atoms with Crippen LogP contribution < -0.4 is 0 Å². The van der Waals surface area contributed by atoms with E-state index >= 15 is 0 Å². The number of hydrogen-bond donors (Lipinski definition) is 0. The van der Waals surface area contributed by atoms with Gasteiger partial charge in [0.2, 0.25) is 0 Å². The number of nitrogens with zero attached hydrogens (tertiary/aromatic N) is 4. The topological polar surface area (TPSA) is 61.9 Å². The minimum atomic E-state index is 0.157. The number of thiophene rings is 1. The Kier molecular flexibility index (Phi) is 8.44. The molecule has 0 N–H and O–H groups in total. The van der Waals surface area contributed by atoms with Gasteiger partial charge in [-0.25, -0.2) is 0 Å². The van der Waals surface area contributed by atoms with Crippen molar-refractivity contribution < 1.29 is 9.53 Å². The molecule has 0 aliphatic heterocycles. The summed E-state index contributed by atoms with van der Waals surface area (Å²) in [5, 5.41) is 12.1. The third-order valence-electron chi connectivity index (χ3n) is 6.52. The average Bonchev–Trinajstić information content (AvgIpc) is 3.54. The summed E-state index contributed by atoms with van der Waals surface area (Å²) in [6, 6.07) is 6.70. The molecule has 0 atom stereocenters. The Morgan fingerprint density at radius 2 is 2.06 bits per heavy atom. The number of aryl methyl sites for hydroxylation is 1. The van der Waals surface area contributed by atoms with Crippen LogP contribution in [0.2, 0.25) is 0 Å². The second kappa shape index (κ2) is 11.5. The number of rotatable bonds is 11. The van der Waals surface area contributed by atoms with Crippen molar-refractivity contribution in [2.45, 2.75) is 76.5 Å². The summed E-state index contributed by atoms with van der Waals surface area (Å²) in [6.07, 6.45) is 7.88. The maximum atomic E-state index is 13.2. The third-order valence-corrected chi connectivity index (χ3v) is 8.34. The summed E-state index contributed by atoms with van der Waals surface area (Å²) in [6.45, 7) is 5.70. The summed E-state index contributed by atoms with van der Waals surface area (Å²) in [4.78, 5) is 14.5. The number of methoxy groups -OCH3 is 1. The van der Waals surface area contributed by atoms with Gasteiger partial charge in [-0.3, -0.25) is 4.79 Å². The van der Waals surface area contributed by atoms with Crippen molar-refractivity contribution in [1.29, 1.82) is 0 Å². The van der Waals surface area contributed by atoms with Crippen LogP contribution in [0.25, 0.3) is 0 Å². The third kappa shape index (κ3) is 5.78. The molecule has 0 radical (unpaired) electrons. The molecule has 0 unspecified atom stereocenters. The molecule has 0 amide bonds. The number of aromatic nitrogens is 4. The minimum Gasteiger partial charge on any atom is -0.385 e. The van der Waals surface area contributed by atoms with Gasteiger partial charge in [0.15, 0.2) is 10.9 Å². The van der Waals surface area contributed by atoms with Crippen molar-refractivity contribution >= 4 is 28.9 Å². The van der Waals surface area contributed by atoms with Gasteiger partial charge in [-0.2, -0.15) is 0 Å². The van der Waals surface area contributed by atoms with Crippen LogP contribution in [0.4, 0.5) is 0 Å². The second-order valence-electron chi connectivity index (χ2n) is 8.81. The van der Waals surface area contributed by atoms with Crippen molar-refractivity contribution in [3.8, 4) is 0 Å². The van der Waals surface area contributed by atoms with Crippen LogP contribution in [0.1, 0.15) is 77.0 Å². The summed E-state index contributed by atoms with van der Waals surface area (Å²) in [7, 11) is 1.72. The van der Waals surface area contributed by atoms with Gasteiger partial charge in [-0.1, -0.05) is 37.1 Å². The van der Waals surface area contributed by atoms with E-state index in [1.165, 1.54) is 48.7 Å². The maximum Gasteiger partial charge on any atom is 0.191 e. The molecular weight excluding hydrogens is 452 g/mol. The van der Waals surface area contributed by atoms with E-state index in [2.05, 4.69) is 43.8 Å². The molecule has 4 rings (SSSR count). The van der Waals surface area contributed by atoms with Crippen LogP contribution in [-0.2, 0) is 17.7 Å². The van der Waals surface area contributed by atoms with E-state index in [1.807, 2.05) is 13.0 Å². The zero-order valence-corrected chi connectivity index (χ0v) is 21.5. The van der Waals surface area contributed by atoms with Crippen molar-refractivity contribution in [1.82, 2.24) is 19.3 Å². The van der Waals surface area contributed by atoms with E-state index in [4.69, 9.17) is 4.74 Å². The molecule has 8 heteroatoms. The van der Waals surface area contributed by atoms with E-state index in [9.17, 15) is 4.79 Å². The summed E-state index contributed by atoms with van der Waals surface area (Å²) < 4.78 is 9.74. The van der Waals surface area contributed by atoms with E-state index in [1.54, 1.807) is 18.4 Å². The molecule has 33 heavy (non-hydrogen) atoms. The summed E-state index contributed by atoms with van der Waals surface area (Å²) in [5.41, 5.74) is 2.99. The first kappa shape index (κ1) is 24.2. The van der Waals surface area contributed by atoms with Crippen LogP contribution in [0.5, 0.6) is 0 Å². The highest BCUT2D eigenvalue weighted by Crippen LogP contribution is 2.34. The molecule has 1 saturated carbocycles. The Hall–Kier alpha value is -1.90. The SMILES string of the molecule is COCCCn1c(C)cc(C(=O)CSc2nnc(Cc3cccs3)n2C2CCCCC2)c1C.